The summed E-state index contributed by atoms with van der Waals surface area (Å²) in [7, 11) is 1.43. The number of aliphatic hydroxyl groups is 1. The molecule has 1 amide bonds. The molecule has 0 spiro atoms. The fourth-order valence-electron chi connectivity index (χ4n) is 4.19. The summed E-state index contributed by atoms with van der Waals surface area (Å²) in [5.41, 5.74) is 2.98. The molecule has 4 N–H and O–H groups in total. The maximum absolute atomic E-state index is 14.6. The molecule has 184 valence electrons. The lowest BCUT2D eigenvalue weighted by atomic mass is 9.83. The maximum Gasteiger partial charge on any atom is 0.254 e. The van der Waals surface area contributed by atoms with Gasteiger partial charge in [-0.05, 0) is 42.7 Å². The highest BCUT2D eigenvalue weighted by Crippen LogP contribution is 2.41. The predicted octanol–water partition coefficient (Wildman–Crippen LogP) is 3.47. The van der Waals surface area contributed by atoms with Crippen LogP contribution in [0.3, 0.4) is 0 Å². The van der Waals surface area contributed by atoms with Crippen molar-refractivity contribution in [2.75, 3.05) is 30.8 Å². The summed E-state index contributed by atoms with van der Waals surface area (Å²) in [6.45, 7) is 2.39. The molecule has 9 nitrogen and oxygen atoms in total. The summed E-state index contributed by atoms with van der Waals surface area (Å²) in [6, 6.07) is 10.2. The Bertz CT molecular complexity index is 1400. The molecule has 5 rings (SSSR count). The highest BCUT2D eigenvalue weighted by atomic mass is 19.1. The van der Waals surface area contributed by atoms with Gasteiger partial charge in [0.25, 0.3) is 5.91 Å². The molecule has 36 heavy (non-hydrogen) atoms. The van der Waals surface area contributed by atoms with Crippen LogP contribution in [-0.2, 0) is 5.41 Å². The first-order valence-corrected chi connectivity index (χ1v) is 11.6. The number of nitriles is 1. The van der Waals surface area contributed by atoms with Crippen LogP contribution < -0.4 is 20.7 Å². The molecular formula is C26H25FN6O3. The summed E-state index contributed by atoms with van der Waals surface area (Å²) in [6.07, 6.45) is 3.34. The van der Waals surface area contributed by atoms with Crippen molar-refractivity contribution in [1.29, 1.82) is 5.26 Å². The summed E-state index contributed by atoms with van der Waals surface area (Å²) >= 11 is 0. The van der Waals surface area contributed by atoms with Crippen molar-refractivity contribution in [3.05, 3.63) is 59.0 Å². The minimum Gasteiger partial charge on any atom is -0.488 e. The Kier molecular flexibility index (Phi) is 5.94. The number of rotatable bonds is 7. The molecule has 0 saturated heterocycles. The smallest absolute Gasteiger partial charge is 0.254 e. The van der Waals surface area contributed by atoms with E-state index in [0.717, 1.165) is 24.1 Å². The lowest BCUT2D eigenvalue weighted by Gasteiger charge is -2.21. The highest BCUT2D eigenvalue weighted by molar-refractivity contribution is 5.96. The Morgan fingerprint density at radius 3 is 2.86 bits per heavy atom. The quantitative estimate of drug-likeness (QED) is 0.398. The number of amides is 1. The SMILES string of the molecule is CNC(=O)c1cc(Nc2nccc(-c3cc(C#N)c4c(c3)C(C)(CO)CN4)n2)c(OC2CC2)cc1F. The lowest BCUT2D eigenvalue weighted by molar-refractivity contribution is 0.0959. The number of fused-ring (bicyclic) bond motifs is 1. The number of hydrogen-bond acceptors (Lipinski definition) is 8. The van der Waals surface area contributed by atoms with E-state index in [0.29, 0.717) is 29.1 Å². The second-order valence-corrected chi connectivity index (χ2v) is 9.25. The minimum atomic E-state index is -0.687. The number of hydrogen-bond donors (Lipinski definition) is 4. The molecule has 10 heteroatoms. The molecule has 1 saturated carbocycles. The normalized spacial score (nSPS) is 18.1. The van der Waals surface area contributed by atoms with Crippen molar-refractivity contribution in [2.24, 2.45) is 0 Å². The third-order valence-corrected chi connectivity index (χ3v) is 6.47. The van der Waals surface area contributed by atoms with Gasteiger partial charge in [0.2, 0.25) is 5.95 Å². The van der Waals surface area contributed by atoms with Gasteiger partial charge in [0, 0.05) is 36.8 Å². The fourth-order valence-corrected chi connectivity index (χ4v) is 4.19. The van der Waals surface area contributed by atoms with Gasteiger partial charge in [0.1, 0.15) is 17.6 Å². The van der Waals surface area contributed by atoms with E-state index < -0.39 is 17.1 Å². The second-order valence-electron chi connectivity index (χ2n) is 9.25. The topological polar surface area (TPSA) is 132 Å². The van der Waals surface area contributed by atoms with Crippen molar-refractivity contribution in [3.63, 3.8) is 0 Å². The predicted molar refractivity (Wildman–Crippen MR) is 132 cm³/mol. The zero-order valence-corrected chi connectivity index (χ0v) is 19.9. The van der Waals surface area contributed by atoms with Crippen molar-refractivity contribution in [2.45, 2.75) is 31.3 Å². The summed E-state index contributed by atoms with van der Waals surface area (Å²) in [5.74, 6) is -0.769. The molecule has 2 aliphatic rings. The Labute approximate surface area is 207 Å². The Morgan fingerprint density at radius 2 is 2.17 bits per heavy atom. The number of halogens is 1. The monoisotopic (exact) mass is 488 g/mol. The summed E-state index contributed by atoms with van der Waals surface area (Å²) < 4.78 is 20.4. The van der Waals surface area contributed by atoms with Crippen LogP contribution in [0.5, 0.6) is 5.75 Å². The van der Waals surface area contributed by atoms with E-state index >= 15 is 0 Å². The van der Waals surface area contributed by atoms with E-state index in [1.807, 2.05) is 13.0 Å². The first-order chi connectivity index (χ1) is 17.3. The van der Waals surface area contributed by atoms with E-state index in [9.17, 15) is 19.6 Å². The molecule has 1 fully saturated rings. The minimum absolute atomic E-state index is 0.00770. The number of anilines is 3. The molecule has 1 atom stereocenters. The van der Waals surface area contributed by atoms with Gasteiger partial charge in [-0.1, -0.05) is 6.92 Å². The molecule has 1 aromatic heterocycles. The molecule has 1 unspecified atom stereocenters. The molecule has 2 aromatic carbocycles. The zero-order valence-electron chi connectivity index (χ0n) is 19.9. The van der Waals surface area contributed by atoms with Crippen LogP contribution in [0.4, 0.5) is 21.7 Å². The highest BCUT2D eigenvalue weighted by Gasteiger charge is 2.36. The lowest BCUT2D eigenvalue weighted by Crippen LogP contribution is -2.28. The second kappa shape index (κ2) is 9.09. The van der Waals surface area contributed by atoms with Crippen LogP contribution in [-0.4, -0.2) is 47.3 Å². The van der Waals surface area contributed by atoms with Crippen LogP contribution >= 0.6 is 0 Å². The van der Waals surface area contributed by atoms with Crippen LogP contribution in [0, 0.1) is 17.1 Å². The number of ether oxygens (including phenoxy) is 1. The van der Waals surface area contributed by atoms with Crippen LogP contribution in [0.25, 0.3) is 11.3 Å². The number of carbonyl (C=O) groups excluding carboxylic acids is 1. The maximum atomic E-state index is 14.6. The van der Waals surface area contributed by atoms with E-state index in [2.05, 4.69) is 32.0 Å². The van der Waals surface area contributed by atoms with Crippen LogP contribution in [0.15, 0.2) is 36.5 Å². The van der Waals surface area contributed by atoms with Crippen molar-refractivity contribution >= 4 is 23.2 Å². The van der Waals surface area contributed by atoms with E-state index in [1.165, 1.54) is 19.2 Å². The number of nitrogens with zero attached hydrogens (tertiary/aromatic N) is 3. The van der Waals surface area contributed by atoms with Crippen molar-refractivity contribution < 1.29 is 19.0 Å². The molecule has 1 aliphatic heterocycles. The zero-order chi connectivity index (χ0) is 25.4. The molecule has 0 radical (unpaired) electrons. The number of benzene rings is 2. The van der Waals surface area contributed by atoms with Gasteiger partial charge in [0.05, 0.1) is 40.9 Å². The average molecular weight is 489 g/mol. The van der Waals surface area contributed by atoms with Gasteiger partial charge in [0.15, 0.2) is 0 Å². The number of carbonyl (C=O) groups is 1. The van der Waals surface area contributed by atoms with E-state index in [1.54, 1.807) is 18.3 Å². The van der Waals surface area contributed by atoms with Gasteiger partial charge in [-0.25, -0.2) is 14.4 Å². The summed E-state index contributed by atoms with van der Waals surface area (Å²) in [5, 5.41) is 28.4. The van der Waals surface area contributed by atoms with Crippen molar-refractivity contribution in [3.8, 4) is 23.1 Å². The first-order valence-electron chi connectivity index (χ1n) is 11.6. The van der Waals surface area contributed by atoms with Crippen LogP contribution in [0.1, 0.15) is 41.3 Å². The molecule has 0 bridgehead atoms. The van der Waals surface area contributed by atoms with Gasteiger partial charge < -0.3 is 25.8 Å². The third kappa shape index (κ3) is 4.29. The number of nitrogens with one attached hydrogen (secondary N) is 3. The van der Waals surface area contributed by atoms with Gasteiger partial charge in [-0.15, -0.1) is 0 Å². The number of aliphatic hydroxyl groups excluding tert-OH is 1. The Hall–Kier alpha value is -4.23. The third-order valence-electron chi connectivity index (χ3n) is 6.47. The first kappa shape index (κ1) is 23.5. The van der Waals surface area contributed by atoms with Crippen LogP contribution in [0.2, 0.25) is 0 Å². The molecule has 3 aromatic rings. The van der Waals surface area contributed by atoms with E-state index in [-0.39, 0.29) is 30.0 Å². The fraction of sp³-hybridized carbons (Fsp3) is 0.308. The average Bonchev–Trinajstić information content (AvgIpc) is 3.65. The Morgan fingerprint density at radius 1 is 1.36 bits per heavy atom. The molecular weight excluding hydrogens is 463 g/mol. The molecule has 2 heterocycles. The van der Waals surface area contributed by atoms with Crippen molar-refractivity contribution in [1.82, 2.24) is 15.3 Å². The Balaban J connectivity index is 1.53. The number of aromatic nitrogens is 2. The molecule has 1 aliphatic carbocycles. The van der Waals surface area contributed by atoms with Gasteiger partial charge in [-0.2, -0.15) is 5.26 Å². The summed E-state index contributed by atoms with van der Waals surface area (Å²) in [4.78, 5) is 21.0. The van der Waals surface area contributed by atoms with Gasteiger partial charge >= 0.3 is 0 Å². The largest absolute Gasteiger partial charge is 0.488 e. The van der Waals surface area contributed by atoms with Gasteiger partial charge in [-0.3, -0.25) is 4.79 Å². The standard InChI is InChI=1S/C26H25FN6O3/c1-26(13-34)12-31-23-15(11-28)7-14(8-18(23)26)20-5-6-30-25(32-20)33-21-9-17(24(35)29-2)19(27)10-22(21)36-16-3-4-16/h5-10,16,31,34H,3-4,12-13H2,1-2H3,(H,29,35)(H,30,32,33). The van der Waals surface area contributed by atoms with E-state index in [4.69, 9.17) is 4.74 Å².